The molecular weight excluding hydrogens is 300 g/mol. The number of hydrogen-bond donors (Lipinski definition) is 1. The highest BCUT2D eigenvalue weighted by Gasteiger charge is 2.11. The van der Waals surface area contributed by atoms with Crippen molar-refractivity contribution in [3.8, 4) is 11.5 Å². The fraction of sp³-hybridized carbons (Fsp3) is 0.100. The third-order valence-corrected chi connectivity index (χ3v) is 3.65. The van der Waals surface area contributed by atoms with Crippen molar-refractivity contribution in [3.05, 3.63) is 90.3 Å². The zero-order valence-electron chi connectivity index (χ0n) is 13.3. The van der Waals surface area contributed by atoms with Crippen molar-refractivity contribution in [2.75, 3.05) is 0 Å². The number of rotatable bonds is 5. The van der Waals surface area contributed by atoms with Crippen molar-refractivity contribution < 1.29 is 9.53 Å². The summed E-state index contributed by atoms with van der Waals surface area (Å²) in [6.07, 6.45) is 3.43. The quantitative estimate of drug-likeness (QED) is 0.760. The predicted molar refractivity (Wildman–Crippen MR) is 93.1 cm³/mol. The van der Waals surface area contributed by atoms with Crippen LogP contribution in [0.15, 0.2) is 79.1 Å². The first-order valence-electron chi connectivity index (χ1n) is 7.76. The number of carbonyl (C=O) groups is 1. The fourth-order valence-corrected chi connectivity index (χ4v) is 2.31. The van der Waals surface area contributed by atoms with Crippen LogP contribution in [0.2, 0.25) is 0 Å². The van der Waals surface area contributed by atoms with E-state index in [4.69, 9.17) is 4.74 Å². The first-order chi connectivity index (χ1) is 11.7. The highest BCUT2D eigenvalue weighted by molar-refractivity contribution is 5.94. The Morgan fingerprint density at radius 2 is 1.54 bits per heavy atom. The van der Waals surface area contributed by atoms with Crippen molar-refractivity contribution >= 4 is 5.91 Å². The van der Waals surface area contributed by atoms with Gasteiger partial charge in [0.1, 0.15) is 11.5 Å². The molecule has 1 N–H and O–H groups in total. The summed E-state index contributed by atoms with van der Waals surface area (Å²) in [6, 6.07) is 20.3. The molecule has 0 radical (unpaired) electrons. The van der Waals surface area contributed by atoms with E-state index in [2.05, 4.69) is 10.3 Å². The molecule has 0 aliphatic rings. The lowest BCUT2D eigenvalue weighted by Crippen LogP contribution is -2.26. The fourth-order valence-electron chi connectivity index (χ4n) is 2.31. The van der Waals surface area contributed by atoms with Gasteiger partial charge in [0.25, 0.3) is 5.91 Å². The molecule has 0 aliphatic heterocycles. The number of benzene rings is 2. The lowest BCUT2D eigenvalue weighted by molar-refractivity contribution is 0.0940. The molecule has 1 aromatic heterocycles. The summed E-state index contributed by atoms with van der Waals surface area (Å²) in [7, 11) is 0. The van der Waals surface area contributed by atoms with Crippen LogP contribution >= 0.6 is 0 Å². The highest BCUT2D eigenvalue weighted by Crippen LogP contribution is 2.21. The molecule has 0 unspecified atom stereocenters. The predicted octanol–water partition coefficient (Wildman–Crippen LogP) is 4.36. The Labute approximate surface area is 141 Å². The number of para-hydroxylation sites is 1. The molecule has 0 spiro atoms. The van der Waals surface area contributed by atoms with E-state index in [1.165, 1.54) is 0 Å². The summed E-state index contributed by atoms with van der Waals surface area (Å²) < 4.78 is 5.72. The Morgan fingerprint density at radius 3 is 2.21 bits per heavy atom. The van der Waals surface area contributed by atoms with Gasteiger partial charge in [-0.1, -0.05) is 18.2 Å². The van der Waals surface area contributed by atoms with Crippen LogP contribution in [0.4, 0.5) is 0 Å². The average molecular weight is 318 g/mol. The molecule has 4 heteroatoms. The zero-order valence-corrected chi connectivity index (χ0v) is 13.3. The third kappa shape index (κ3) is 3.98. The van der Waals surface area contributed by atoms with Crippen molar-refractivity contribution in [1.82, 2.24) is 10.3 Å². The van der Waals surface area contributed by atoms with E-state index >= 15 is 0 Å². The average Bonchev–Trinajstić information content (AvgIpc) is 2.64. The van der Waals surface area contributed by atoms with Gasteiger partial charge in [0.05, 0.1) is 6.04 Å². The first kappa shape index (κ1) is 15.7. The van der Waals surface area contributed by atoms with Crippen LogP contribution in [0.1, 0.15) is 28.9 Å². The van der Waals surface area contributed by atoms with Gasteiger partial charge in [0.15, 0.2) is 0 Å². The lowest BCUT2D eigenvalue weighted by atomic mass is 10.1. The Balaban J connectivity index is 1.63. The molecule has 0 aliphatic carbocycles. The maximum absolute atomic E-state index is 12.3. The summed E-state index contributed by atoms with van der Waals surface area (Å²) in [5, 5.41) is 2.97. The smallest absolute Gasteiger partial charge is 0.251 e. The maximum Gasteiger partial charge on any atom is 0.251 e. The lowest BCUT2D eigenvalue weighted by Gasteiger charge is -2.14. The molecule has 0 saturated carbocycles. The van der Waals surface area contributed by atoms with Crippen LogP contribution in [0.25, 0.3) is 0 Å². The SMILES string of the molecule is C[C@H](NC(=O)c1ccc(Oc2ccccc2)cc1)c1ccncc1. The molecule has 3 aromatic rings. The van der Waals surface area contributed by atoms with E-state index in [9.17, 15) is 4.79 Å². The molecule has 1 atom stereocenters. The summed E-state index contributed by atoms with van der Waals surface area (Å²) in [6.45, 7) is 1.94. The van der Waals surface area contributed by atoms with E-state index in [-0.39, 0.29) is 11.9 Å². The monoisotopic (exact) mass is 318 g/mol. The van der Waals surface area contributed by atoms with Crippen LogP contribution in [-0.2, 0) is 0 Å². The Bertz CT molecular complexity index is 787. The summed E-state index contributed by atoms with van der Waals surface area (Å²) in [5.41, 5.74) is 1.61. The number of nitrogens with zero attached hydrogens (tertiary/aromatic N) is 1. The van der Waals surface area contributed by atoms with Crippen LogP contribution in [0.5, 0.6) is 11.5 Å². The number of amides is 1. The van der Waals surface area contributed by atoms with Crippen molar-refractivity contribution in [1.29, 1.82) is 0 Å². The van der Waals surface area contributed by atoms with E-state index in [0.29, 0.717) is 11.3 Å². The van der Waals surface area contributed by atoms with E-state index in [1.54, 1.807) is 36.7 Å². The molecule has 2 aromatic carbocycles. The largest absolute Gasteiger partial charge is 0.457 e. The first-order valence-corrected chi connectivity index (χ1v) is 7.76. The zero-order chi connectivity index (χ0) is 16.8. The van der Waals surface area contributed by atoms with Gasteiger partial charge in [-0.05, 0) is 61.0 Å². The Hall–Kier alpha value is -3.14. The standard InChI is InChI=1S/C20H18N2O2/c1-15(16-11-13-21-14-12-16)22-20(23)17-7-9-19(10-8-17)24-18-5-3-2-4-6-18/h2-15H,1H3,(H,22,23)/t15-/m0/s1. The number of ether oxygens (including phenoxy) is 1. The Morgan fingerprint density at radius 1 is 0.917 bits per heavy atom. The summed E-state index contributed by atoms with van der Waals surface area (Å²) in [4.78, 5) is 16.3. The van der Waals surface area contributed by atoms with Gasteiger partial charge in [-0.25, -0.2) is 0 Å². The molecule has 0 fully saturated rings. The van der Waals surface area contributed by atoms with Gasteiger partial charge in [-0.15, -0.1) is 0 Å². The molecule has 120 valence electrons. The Kier molecular flexibility index (Phi) is 4.87. The molecule has 24 heavy (non-hydrogen) atoms. The number of nitrogens with one attached hydrogen (secondary N) is 1. The minimum absolute atomic E-state index is 0.0826. The number of pyridine rings is 1. The molecular formula is C20H18N2O2. The van der Waals surface area contributed by atoms with Gasteiger partial charge in [-0.2, -0.15) is 0 Å². The van der Waals surface area contributed by atoms with Crippen LogP contribution < -0.4 is 10.1 Å². The van der Waals surface area contributed by atoms with Crippen molar-refractivity contribution in [2.24, 2.45) is 0 Å². The molecule has 0 saturated heterocycles. The molecule has 4 nitrogen and oxygen atoms in total. The molecule has 1 heterocycles. The number of hydrogen-bond acceptors (Lipinski definition) is 3. The van der Waals surface area contributed by atoms with E-state index < -0.39 is 0 Å². The molecule has 0 bridgehead atoms. The van der Waals surface area contributed by atoms with Crippen molar-refractivity contribution in [2.45, 2.75) is 13.0 Å². The van der Waals surface area contributed by atoms with Crippen molar-refractivity contribution in [3.63, 3.8) is 0 Å². The van der Waals surface area contributed by atoms with Crippen LogP contribution in [0, 0.1) is 0 Å². The van der Waals surface area contributed by atoms with E-state index in [0.717, 1.165) is 11.3 Å². The van der Waals surface area contributed by atoms with E-state index in [1.807, 2.05) is 49.4 Å². The second-order valence-electron chi connectivity index (χ2n) is 5.42. The highest BCUT2D eigenvalue weighted by atomic mass is 16.5. The van der Waals surface area contributed by atoms with Crippen LogP contribution in [-0.4, -0.2) is 10.9 Å². The maximum atomic E-state index is 12.3. The second kappa shape index (κ2) is 7.42. The van der Waals surface area contributed by atoms with Gasteiger partial charge in [0.2, 0.25) is 0 Å². The van der Waals surface area contributed by atoms with Crippen LogP contribution in [0.3, 0.4) is 0 Å². The minimum atomic E-state index is -0.120. The normalized spacial score (nSPS) is 11.5. The summed E-state index contributed by atoms with van der Waals surface area (Å²) in [5.74, 6) is 1.34. The topological polar surface area (TPSA) is 51.2 Å². The summed E-state index contributed by atoms with van der Waals surface area (Å²) >= 11 is 0. The number of aromatic nitrogens is 1. The minimum Gasteiger partial charge on any atom is -0.457 e. The number of carbonyl (C=O) groups excluding carboxylic acids is 1. The third-order valence-electron chi connectivity index (χ3n) is 3.65. The van der Waals surface area contributed by atoms with Gasteiger partial charge in [-0.3, -0.25) is 9.78 Å². The van der Waals surface area contributed by atoms with Gasteiger partial charge in [0, 0.05) is 18.0 Å². The molecule has 1 amide bonds. The van der Waals surface area contributed by atoms with Gasteiger partial charge >= 0.3 is 0 Å². The second-order valence-corrected chi connectivity index (χ2v) is 5.42. The van der Waals surface area contributed by atoms with Gasteiger partial charge < -0.3 is 10.1 Å². The molecule has 3 rings (SSSR count).